The van der Waals surface area contributed by atoms with Crippen LogP contribution in [0.25, 0.3) is 0 Å². The van der Waals surface area contributed by atoms with Crippen molar-refractivity contribution in [2.45, 2.75) is 140 Å². The van der Waals surface area contributed by atoms with Crippen molar-refractivity contribution in [2.24, 2.45) is 17.6 Å². The first-order chi connectivity index (χ1) is 40.0. The van der Waals surface area contributed by atoms with Crippen LogP contribution in [0.3, 0.4) is 0 Å². The second-order valence-electron chi connectivity index (χ2n) is 21.7. The van der Waals surface area contributed by atoms with Gasteiger partial charge in [0.2, 0.25) is 24.1 Å². The summed E-state index contributed by atoms with van der Waals surface area (Å²) in [4.78, 5) is 93.8. The minimum atomic E-state index is -5.17. The summed E-state index contributed by atoms with van der Waals surface area (Å²) in [6.07, 6.45) is -4.75. The molecule has 4 bridgehead atoms. The molecule has 4 aliphatic heterocycles. The topological polar surface area (TPSA) is 326 Å². The van der Waals surface area contributed by atoms with E-state index in [-0.39, 0.29) is 53.9 Å². The number of carbonyl (C=O) groups is 7. The number of nitrogens with zero attached hydrogens (tertiary/aromatic N) is 2. The number of urea groups is 1. The van der Waals surface area contributed by atoms with Crippen molar-refractivity contribution >= 4 is 87.7 Å². The molecule has 0 aliphatic carbocycles. The van der Waals surface area contributed by atoms with Crippen molar-refractivity contribution in [1.29, 1.82) is 0 Å². The molecule has 0 radical (unpaired) electrons. The number of rotatable bonds is 19. The minimum absolute atomic E-state index is 0.0274. The van der Waals surface area contributed by atoms with E-state index >= 15 is 13.2 Å². The third kappa shape index (κ3) is 17.6. The van der Waals surface area contributed by atoms with E-state index in [1.54, 1.807) is 51.1 Å². The number of unbranched alkanes of at least 4 members (excludes halogenated alkanes) is 1. The van der Waals surface area contributed by atoms with Crippen LogP contribution in [0.4, 0.5) is 39.8 Å². The zero-order valence-electron chi connectivity index (χ0n) is 48.2. The second-order valence-corrected chi connectivity index (χ2v) is 22.4. The Balaban J connectivity index is 1.21. The average Bonchev–Trinajstić information content (AvgIpc) is 2.44. The monoisotopic (exact) mass is 1230 g/mol. The predicted molar refractivity (Wildman–Crippen MR) is 310 cm³/mol. The number of primary amides is 1. The molecule has 2 saturated heterocycles. The van der Waals surface area contributed by atoms with Gasteiger partial charge in [0, 0.05) is 64.0 Å². The van der Waals surface area contributed by atoms with Crippen LogP contribution in [-0.4, -0.2) is 157 Å². The molecule has 4 aliphatic rings. The Morgan fingerprint density at radius 2 is 1.69 bits per heavy atom. The summed E-state index contributed by atoms with van der Waals surface area (Å²) in [5.41, 5.74) is 0.871. The summed E-state index contributed by atoms with van der Waals surface area (Å²) in [7, 11) is 4.22. The van der Waals surface area contributed by atoms with Gasteiger partial charge >= 0.3 is 18.3 Å². The van der Waals surface area contributed by atoms with Crippen LogP contribution in [0.15, 0.2) is 66.3 Å². The van der Waals surface area contributed by atoms with Gasteiger partial charge in [0.1, 0.15) is 40.7 Å². The molecule has 2 aromatic carbocycles. The Bertz CT molecular complexity index is 2920. The number of thiocarbonyl (C=S) groups is 1. The Morgan fingerprint density at radius 3 is 2.34 bits per heavy atom. The number of imide groups is 1. The summed E-state index contributed by atoms with van der Waals surface area (Å²) < 4.78 is 74.3. The molecule has 466 valence electrons. The zero-order chi connectivity index (χ0) is 62.7. The van der Waals surface area contributed by atoms with E-state index in [1.165, 1.54) is 45.2 Å². The molecule has 4 heterocycles. The third-order valence-corrected chi connectivity index (χ3v) is 15.6. The highest BCUT2D eigenvalue weighted by molar-refractivity contribution is 7.80. The SMILES string of the molecule is COc1cc2cc(c1Cl)N(C)C(=O)C[C@H](OC(=O)Nc1ccc(NC(=O)[C@H](CCCNC(N)=O)NC(=O)[C@@H](NC(=S)NCCCCN3C(=O)C=CC3=O)C(C)C)cc1C(F)(F)F)[C@]1(C)O[C@H]1[C@H](C)[C@@H]1C[C@@](O)(NC(O)O1)[C@H](OC)/C=C/C=C(\C)C2. The minimum Gasteiger partial charge on any atom is -0.495 e. The lowest BCUT2D eigenvalue weighted by atomic mass is 9.83. The zero-order valence-corrected chi connectivity index (χ0v) is 49.8. The molecule has 8 amide bonds. The first-order valence-corrected chi connectivity index (χ1v) is 28.2. The first-order valence-electron chi connectivity index (χ1n) is 27.4. The van der Waals surface area contributed by atoms with E-state index in [4.69, 9.17) is 53.2 Å². The number of aliphatic hydroxyl groups excluding tert-OH is 1. The highest BCUT2D eigenvalue weighted by Crippen LogP contribution is 2.49. The molecule has 11 N–H and O–H groups in total. The molecule has 6 rings (SSSR count). The summed E-state index contributed by atoms with van der Waals surface area (Å²) >= 11 is 12.2. The normalized spacial score (nSPS) is 26.1. The maximum absolute atomic E-state index is 15.0. The first kappa shape index (κ1) is 67.2. The van der Waals surface area contributed by atoms with Crippen molar-refractivity contribution in [3.8, 4) is 5.75 Å². The van der Waals surface area contributed by atoms with Gasteiger partial charge < -0.3 is 71.1 Å². The lowest BCUT2D eigenvalue weighted by molar-refractivity contribution is -0.271. The highest BCUT2D eigenvalue weighted by Gasteiger charge is 2.64. The number of methoxy groups -OCH3 is 2. The van der Waals surface area contributed by atoms with Gasteiger partial charge in [-0.1, -0.05) is 56.2 Å². The molecule has 2 aromatic rings. The number of aliphatic hydroxyl groups is 2. The number of fused-ring (bicyclic) bond motifs is 5. The number of hydrogen-bond acceptors (Lipinski definition) is 16. The molecular formula is C56H74ClF3N10O14S. The number of nitrogens with one attached hydrogen (secondary N) is 7. The number of hydrogen-bond donors (Lipinski definition) is 10. The molecule has 0 spiro atoms. The van der Waals surface area contributed by atoms with Gasteiger partial charge in [0.15, 0.2) is 10.8 Å². The number of alkyl halides is 3. The third-order valence-electron chi connectivity index (χ3n) is 15.0. The second kappa shape index (κ2) is 29.0. The van der Waals surface area contributed by atoms with Crippen LogP contribution >= 0.6 is 23.8 Å². The van der Waals surface area contributed by atoms with Gasteiger partial charge in [0.25, 0.3) is 11.8 Å². The molecule has 2 fully saturated rings. The van der Waals surface area contributed by atoms with Crippen LogP contribution in [0.1, 0.15) is 84.3 Å². The number of epoxide rings is 1. The summed E-state index contributed by atoms with van der Waals surface area (Å²) in [6, 6.07) is 2.58. The maximum atomic E-state index is 15.0. The number of anilines is 3. The standard InChI is InChI=1S/C56H74ClF3N10O14S/c1-29(2)46(67-51(85)63-20-9-10-22-70-42(71)18-19-43(70)72)49(75)65-36(14-12-21-62-50(61)76)48(74)64-33-16-17-35(34(26-33)56(58,59)60)66-52(77)83-41-27-44(73)69(6)37-24-32(25-38(80-7)45(37)57)23-30(3)13-11-15-40(81-8)55(79)28-39(82-53(78)68-55)31(4)47-54(41,5)84-47/h11,13,15-19,24-26,29,31,36,39-41,46-47,53,68,78-79H,9-10,12,14,20-23,27-28H2,1-8H3,(H,64,74)(H,65,75)(H,66,77)(H3,61,62,76)(H2,63,67,85)/b15-11+,30-13+/t31-,36+,39+,40-,41+,46+,47+,53?,54+,55+/m1/s1. The summed E-state index contributed by atoms with van der Waals surface area (Å²) in [5, 5.41) is 41.0. The fourth-order valence-corrected chi connectivity index (χ4v) is 10.7. The highest BCUT2D eigenvalue weighted by atomic mass is 35.5. The van der Waals surface area contributed by atoms with Crippen molar-refractivity contribution in [1.82, 2.24) is 31.5 Å². The average molecular weight is 1240 g/mol. The molecule has 29 heteroatoms. The van der Waals surface area contributed by atoms with Crippen molar-refractivity contribution < 1.29 is 80.6 Å². The van der Waals surface area contributed by atoms with E-state index in [0.717, 1.165) is 22.6 Å². The Hall–Kier alpha value is -6.92. The fraction of sp³-hybridized carbons (Fsp3) is 0.536. The predicted octanol–water partition coefficient (Wildman–Crippen LogP) is 4.61. The van der Waals surface area contributed by atoms with Crippen molar-refractivity contribution in [3.63, 3.8) is 0 Å². The number of carbonyl (C=O) groups excluding carboxylic acids is 7. The smallest absolute Gasteiger partial charge is 0.418 e. The molecule has 0 saturated carbocycles. The number of nitrogens with two attached hydrogens (primary N) is 1. The lowest BCUT2D eigenvalue weighted by Crippen LogP contribution is -2.65. The van der Waals surface area contributed by atoms with E-state index in [1.807, 2.05) is 6.92 Å². The van der Waals surface area contributed by atoms with E-state index < -0.39 is 137 Å². The molecular weight excluding hydrogens is 1160 g/mol. The van der Waals surface area contributed by atoms with Crippen LogP contribution in [-0.2, 0) is 55.5 Å². The summed E-state index contributed by atoms with van der Waals surface area (Å²) in [5.74, 6) is -4.02. The number of ether oxygens (including phenoxy) is 5. The maximum Gasteiger partial charge on any atom is 0.418 e. The van der Waals surface area contributed by atoms with Gasteiger partial charge in [-0.2, -0.15) is 13.2 Å². The van der Waals surface area contributed by atoms with Gasteiger partial charge in [-0.3, -0.25) is 34.2 Å². The van der Waals surface area contributed by atoms with Crippen molar-refractivity contribution in [3.05, 3.63) is 82.4 Å². The number of benzene rings is 2. The summed E-state index contributed by atoms with van der Waals surface area (Å²) in [6.45, 7) is 8.97. The Morgan fingerprint density at radius 1 is 1.00 bits per heavy atom. The van der Waals surface area contributed by atoms with Crippen molar-refractivity contribution in [2.75, 3.05) is 56.4 Å². The van der Waals surface area contributed by atoms with Crippen LogP contribution in [0.5, 0.6) is 5.75 Å². The number of halogens is 4. The lowest BCUT2D eigenvalue weighted by Gasteiger charge is -2.44. The number of amides is 8. The Kier molecular flexibility index (Phi) is 22.9. The molecule has 0 aromatic heterocycles. The Labute approximate surface area is 500 Å². The van der Waals surface area contributed by atoms with Crippen LogP contribution in [0, 0.1) is 11.8 Å². The van der Waals surface area contributed by atoms with Crippen LogP contribution in [0.2, 0.25) is 5.02 Å². The van der Waals surface area contributed by atoms with Gasteiger partial charge in [-0.15, -0.1) is 0 Å². The van der Waals surface area contributed by atoms with E-state index in [0.29, 0.717) is 37.4 Å². The van der Waals surface area contributed by atoms with Crippen LogP contribution < -0.4 is 52.6 Å². The molecule has 10 atom stereocenters. The van der Waals surface area contributed by atoms with Gasteiger partial charge in [-0.25, -0.2) is 14.9 Å². The quantitative estimate of drug-likeness (QED) is 0.0397. The van der Waals surface area contributed by atoms with Gasteiger partial charge in [0.05, 0.1) is 42.7 Å². The van der Waals surface area contributed by atoms with E-state index in [2.05, 4.69) is 37.2 Å². The van der Waals surface area contributed by atoms with E-state index in [9.17, 15) is 43.8 Å². The number of allylic oxidation sites excluding steroid dienone is 3. The largest absolute Gasteiger partial charge is 0.495 e. The van der Waals surface area contributed by atoms with Gasteiger partial charge in [-0.05, 0) is 100.0 Å². The molecule has 85 heavy (non-hydrogen) atoms. The molecule has 24 nitrogen and oxygen atoms in total. The fourth-order valence-electron chi connectivity index (χ4n) is 10.2. The molecule has 1 unspecified atom stereocenters.